The van der Waals surface area contributed by atoms with Crippen molar-refractivity contribution >= 4 is 17.5 Å². The summed E-state index contributed by atoms with van der Waals surface area (Å²) in [5, 5.41) is 14.0. The molecule has 3 aromatic rings. The molecule has 3 rings (SSSR count). The number of halogens is 1. The lowest BCUT2D eigenvalue weighted by molar-refractivity contribution is -0.121. The number of nitrogens with zero attached hydrogens (tertiary/aromatic N) is 1. The van der Waals surface area contributed by atoms with E-state index in [2.05, 4.69) is 10.3 Å². The smallest absolute Gasteiger partial charge is 0.226 e. The predicted octanol–water partition coefficient (Wildman–Crippen LogP) is 4.18. The molecular formula is C22H23ClN2O3. The highest BCUT2D eigenvalue weighted by molar-refractivity contribution is 6.30. The van der Waals surface area contributed by atoms with Crippen LogP contribution in [0.1, 0.15) is 29.5 Å². The van der Waals surface area contributed by atoms with Gasteiger partial charge in [0, 0.05) is 10.6 Å². The number of oxazole rings is 1. The molecule has 0 saturated carbocycles. The van der Waals surface area contributed by atoms with Gasteiger partial charge >= 0.3 is 0 Å². The summed E-state index contributed by atoms with van der Waals surface area (Å²) in [5.74, 6) is 0.881. The highest BCUT2D eigenvalue weighted by atomic mass is 35.5. The molecule has 146 valence electrons. The largest absolute Gasteiger partial charge is 0.441 e. The predicted molar refractivity (Wildman–Crippen MR) is 109 cm³/mol. The van der Waals surface area contributed by atoms with Crippen LogP contribution in [-0.2, 0) is 16.8 Å². The first-order chi connectivity index (χ1) is 13.3. The van der Waals surface area contributed by atoms with Crippen molar-refractivity contribution in [3.05, 3.63) is 76.1 Å². The Hall–Kier alpha value is -2.63. The van der Waals surface area contributed by atoms with Crippen LogP contribution in [-0.4, -0.2) is 22.5 Å². The van der Waals surface area contributed by atoms with Gasteiger partial charge in [0.1, 0.15) is 11.4 Å². The van der Waals surface area contributed by atoms with Crippen LogP contribution in [0.2, 0.25) is 5.02 Å². The fourth-order valence-electron chi connectivity index (χ4n) is 2.92. The molecule has 1 amide bonds. The minimum Gasteiger partial charge on any atom is -0.441 e. The second-order valence-electron chi connectivity index (χ2n) is 7.07. The van der Waals surface area contributed by atoms with E-state index in [1.807, 2.05) is 31.2 Å². The van der Waals surface area contributed by atoms with Gasteiger partial charge in [-0.1, -0.05) is 41.9 Å². The molecule has 0 bridgehead atoms. The lowest BCUT2D eigenvalue weighted by Gasteiger charge is -2.24. The second-order valence-corrected chi connectivity index (χ2v) is 7.51. The molecule has 1 atom stereocenters. The van der Waals surface area contributed by atoms with E-state index >= 15 is 0 Å². The van der Waals surface area contributed by atoms with Gasteiger partial charge in [-0.25, -0.2) is 4.98 Å². The Morgan fingerprint density at radius 3 is 2.54 bits per heavy atom. The number of aromatic nitrogens is 1. The fraction of sp³-hybridized carbons (Fsp3) is 0.273. The van der Waals surface area contributed by atoms with E-state index in [1.165, 1.54) is 0 Å². The van der Waals surface area contributed by atoms with E-state index in [-0.39, 0.29) is 18.9 Å². The molecule has 0 spiro atoms. The molecule has 0 aliphatic heterocycles. The molecule has 1 unspecified atom stereocenters. The SMILES string of the molecule is Cc1ccccc1-c1nc(CC(=O)NCC(C)(O)c2ccc(Cl)cc2)c(C)o1. The third kappa shape index (κ3) is 4.61. The zero-order chi connectivity index (χ0) is 20.3. The number of aliphatic hydroxyl groups is 1. The number of carbonyl (C=O) groups excluding carboxylic acids is 1. The van der Waals surface area contributed by atoms with Crippen molar-refractivity contribution in [2.24, 2.45) is 0 Å². The molecule has 0 aliphatic rings. The highest BCUT2D eigenvalue weighted by Crippen LogP contribution is 2.25. The number of aryl methyl sites for hydroxylation is 2. The number of nitrogens with one attached hydrogen (secondary N) is 1. The zero-order valence-corrected chi connectivity index (χ0v) is 16.9. The topological polar surface area (TPSA) is 75.4 Å². The van der Waals surface area contributed by atoms with Crippen molar-refractivity contribution in [1.29, 1.82) is 0 Å². The molecule has 0 fully saturated rings. The third-order valence-corrected chi connectivity index (χ3v) is 4.94. The summed E-state index contributed by atoms with van der Waals surface area (Å²) in [6, 6.07) is 14.7. The van der Waals surface area contributed by atoms with E-state index in [9.17, 15) is 9.90 Å². The quantitative estimate of drug-likeness (QED) is 0.653. The van der Waals surface area contributed by atoms with E-state index in [0.717, 1.165) is 11.1 Å². The van der Waals surface area contributed by atoms with Gasteiger partial charge in [0.05, 0.1) is 18.7 Å². The summed E-state index contributed by atoms with van der Waals surface area (Å²) < 4.78 is 5.76. The highest BCUT2D eigenvalue weighted by Gasteiger charge is 2.24. The van der Waals surface area contributed by atoms with Crippen molar-refractivity contribution in [2.75, 3.05) is 6.54 Å². The van der Waals surface area contributed by atoms with Gasteiger partial charge in [-0.2, -0.15) is 0 Å². The molecule has 2 N–H and O–H groups in total. The normalized spacial score (nSPS) is 13.2. The van der Waals surface area contributed by atoms with E-state index < -0.39 is 5.60 Å². The van der Waals surface area contributed by atoms with Gasteiger partial charge in [-0.15, -0.1) is 0 Å². The lowest BCUT2D eigenvalue weighted by Crippen LogP contribution is -2.39. The Bertz CT molecular complexity index is 978. The average molecular weight is 399 g/mol. The standard InChI is InChI=1S/C22H23ClN2O3/c1-14-6-4-5-7-18(14)21-25-19(15(2)28-21)12-20(26)24-13-22(3,27)16-8-10-17(23)11-9-16/h4-11,27H,12-13H2,1-3H3,(H,24,26). The summed E-state index contributed by atoms with van der Waals surface area (Å²) in [4.78, 5) is 16.9. The Morgan fingerprint density at radius 1 is 1.18 bits per heavy atom. The molecule has 0 aliphatic carbocycles. The molecule has 1 heterocycles. The van der Waals surface area contributed by atoms with Crippen molar-refractivity contribution in [2.45, 2.75) is 32.8 Å². The Morgan fingerprint density at radius 2 is 1.86 bits per heavy atom. The van der Waals surface area contributed by atoms with Crippen molar-refractivity contribution in [3.8, 4) is 11.5 Å². The van der Waals surface area contributed by atoms with Crippen molar-refractivity contribution < 1.29 is 14.3 Å². The maximum absolute atomic E-state index is 12.4. The first-order valence-corrected chi connectivity index (χ1v) is 9.41. The first-order valence-electron chi connectivity index (χ1n) is 9.04. The number of rotatable bonds is 6. The molecule has 0 radical (unpaired) electrons. The summed E-state index contributed by atoms with van der Waals surface area (Å²) >= 11 is 5.88. The Kier molecular flexibility index (Phi) is 5.87. The lowest BCUT2D eigenvalue weighted by atomic mass is 9.96. The Labute approximate surface area is 169 Å². The molecule has 2 aromatic carbocycles. The monoisotopic (exact) mass is 398 g/mol. The molecular weight excluding hydrogens is 376 g/mol. The minimum atomic E-state index is -1.20. The van der Waals surface area contributed by atoms with E-state index in [0.29, 0.717) is 27.9 Å². The van der Waals surface area contributed by atoms with E-state index in [1.54, 1.807) is 38.1 Å². The van der Waals surface area contributed by atoms with Gasteiger partial charge in [0.2, 0.25) is 11.8 Å². The van der Waals surface area contributed by atoms with Crippen molar-refractivity contribution in [3.63, 3.8) is 0 Å². The summed E-state index contributed by atoms with van der Waals surface area (Å²) in [7, 11) is 0. The number of carbonyl (C=O) groups is 1. The van der Waals surface area contributed by atoms with Crippen LogP contribution >= 0.6 is 11.6 Å². The Balaban J connectivity index is 1.65. The van der Waals surface area contributed by atoms with Gasteiger partial charge in [0.25, 0.3) is 0 Å². The maximum atomic E-state index is 12.4. The number of amides is 1. The second kappa shape index (κ2) is 8.17. The molecule has 0 saturated heterocycles. The number of hydrogen-bond donors (Lipinski definition) is 2. The van der Waals surface area contributed by atoms with Crippen LogP contribution in [0, 0.1) is 13.8 Å². The van der Waals surface area contributed by atoms with Crippen LogP contribution in [0.4, 0.5) is 0 Å². The van der Waals surface area contributed by atoms with Crippen LogP contribution in [0.5, 0.6) is 0 Å². The molecule has 28 heavy (non-hydrogen) atoms. The number of hydrogen-bond acceptors (Lipinski definition) is 4. The molecule has 6 heteroatoms. The van der Waals surface area contributed by atoms with Crippen molar-refractivity contribution in [1.82, 2.24) is 10.3 Å². The summed E-state index contributed by atoms with van der Waals surface area (Å²) in [6.45, 7) is 5.50. The zero-order valence-electron chi connectivity index (χ0n) is 16.1. The number of benzene rings is 2. The van der Waals surface area contributed by atoms with Crippen LogP contribution in [0.15, 0.2) is 52.9 Å². The average Bonchev–Trinajstić information content (AvgIpc) is 3.01. The summed E-state index contributed by atoms with van der Waals surface area (Å²) in [5.41, 5.74) is 2.02. The third-order valence-electron chi connectivity index (χ3n) is 4.69. The van der Waals surface area contributed by atoms with Gasteiger partial charge in [-0.05, 0) is 50.1 Å². The fourth-order valence-corrected chi connectivity index (χ4v) is 3.04. The van der Waals surface area contributed by atoms with Crippen LogP contribution in [0.3, 0.4) is 0 Å². The molecule has 1 aromatic heterocycles. The van der Waals surface area contributed by atoms with Crippen LogP contribution < -0.4 is 5.32 Å². The van der Waals surface area contributed by atoms with Gasteiger partial charge < -0.3 is 14.8 Å². The summed E-state index contributed by atoms with van der Waals surface area (Å²) in [6.07, 6.45) is 0.0813. The van der Waals surface area contributed by atoms with Gasteiger partial charge in [0.15, 0.2) is 0 Å². The minimum absolute atomic E-state index is 0.0784. The van der Waals surface area contributed by atoms with Crippen LogP contribution in [0.25, 0.3) is 11.5 Å². The maximum Gasteiger partial charge on any atom is 0.226 e. The first kappa shape index (κ1) is 20.1. The molecule has 5 nitrogen and oxygen atoms in total. The van der Waals surface area contributed by atoms with Gasteiger partial charge in [-0.3, -0.25) is 4.79 Å². The van der Waals surface area contributed by atoms with E-state index in [4.69, 9.17) is 16.0 Å².